The van der Waals surface area contributed by atoms with Gasteiger partial charge in [0.25, 0.3) is 0 Å². The lowest BCUT2D eigenvalue weighted by atomic mass is 9.99. The number of fused-ring (bicyclic) bond motifs is 2. The van der Waals surface area contributed by atoms with Crippen molar-refractivity contribution in [3.63, 3.8) is 0 Å². The standard InChI is InChI=1S/C27H33F3N2O4S/c1-4-22(13-10-18-34-27(28,29)30)37(33)36-35-26(23(31)5-2)19(3)32-24-14-8-6-11-20(24)16-17-21-12-7-9-15-25(21)32/h4,6-12,14-15,18-19,22-23,26H,1,5,13,16-17,31H2,2-3H3/b18-10+/t19?,22?,23?,26-,37?/m1/s1. The van der Waals surface area contributed by atoms with Crippen molar-refractivity contribution in [3.05, 3.63) is 84.7 Å². The number of benzene rings is 2. The van der Waals surface area contributed by atoms with Crippen LogP contribution >= 0.6 is 0 Å². The van der Waals surface area contributed by atoms with Gasteiger partial charge in [0.15, 0.2) is 11.1 Å². The quantitative estimate of drug-likeness (QED) is 0.154. The Bertz CT molecular complexity index is 1050. The number of rotatable bonds is 12. The first-order valence-corrected chi connectivity index (χ1v) is 13.3. The van der Waals surface area contributed by atoms with E-state index in [0.717, 1.165) is 30.3 Å². The molecule has 6 nitrogen and oxygen atoms in total. The van der Waals surface area contributed by atoms with Crippen molar-refractivity contribution in [3.8, 4) is 0 Å². The molecule has 0 aromatic heterocycles. The second kappa shape index (κ2) is 13.2. The summed E-state index contributed by atoms with van der Waals surface area (Å²) >= 11 is -2.04. The molecule has 2 N–H and O–H groups in total. The summed E-state index contributed by atoms with van der Waals surface area (Å²) in [6.45, 7) is 7.50. The minimum absolute atomic E-state index is 0.0531. The van der Waals surface area contributed by atoms with Crippen LogP contribution in [0.1, 0.15) is 37.8 Å². The van der Waals surface area contributed by atoms with E-state index >= 15 is 0 Å². The fourth-order valence-electron chi connectivity index (χ4n) is 4.34. The fraction of sp³-hybridized carbons (Fsp3) is 0.407. The molecule has 0 fully saturated rings. The van der Waals surface area contributed by atoms with Crippen LogP contribution in [0.4, 0.5) is 24.5 Å². The third kappa shape index (κ3) is 7.67. The summed E-state index contributed by atoms with van der Waals surface area (Å²) in [6, 6.07) is 15.6. The molecule has 0 saturated carbocycles. The Morgan fingerprint density at radius 3 is 2.19 bits per heavy atom. The van der Waals surface area contributed by atoms with Gasteiger partial charge in [0.1, 0.15) is 6.10 Å². The summed E-state index contributed by atoms with van der Waals surface area (Å²) in [5.41, 5.74) is 10.9. The van der Waals surface area contributed by atoms with Crippen molar-refractivity contribution >= 4 is 22.5 Å². The van der Waals surface area contributed by atoms with Gasteiger partial charge in [0.05, 0.1) is 17.6 Å². The second-order valence-electron chi connectivity index (χ2n) is 8.77. The van der Waals surface area contributed by atoms with E-state index in [9.17, 15) is 17.4 Å². The largest absolute Gasteiger partial charge is 0.572 e. The number of ether oxygens (including phenoxy) is 1. The predicted molar refractivity (Wildman–Crippen MR) is 139 cm³/mol. The Kier molecular flexibility index (Phi) is 10.3. The maximum atomic E-state index is 12.8. The van der Waals surface area contributed by atoms with Crippen LogP contribution in [0.3, 0.4) is 0 Å². The van der Waals surface area contributed by atoms with Crippen molar-refractivity contribution in [1.82, 2.24) is 0 Å². The number of nitrogens with two attached hydrogens (primary N) is 1. The summed E-state index contributed by atoms with van der Waals surface area (Å²) < 4.78 is 58.2. The van der Waals surface area contributed by atoms with Crippen LogP contribution in [0.25, 0.3) is 0 Å². The molecule has 37 heavy (non-hydrogen) atoms. The van der Waals surface area contributed by atoms with Crippen molar-refractivity contribution in [2.24, 2.45) is 5.73 Å². The zero-order chi connectivity index (χ0) is 27.0. The number of aryl methyl sites for hydroxylation is 2. The second-order valence-corrected chi connectivity index (χ2v) is 10.0. The molecule has 5 atom stereocenters. The number of nitrogens with zero attached hydrogens (tertiary/aromatic N) is 1. The SMILES string of the molecule is C=CC(C/C=C/OC(F)(F)F)S(=O)OO[C@@H](C(N)CC)C(C)N1c2ccccc2CCc2ccccc21. The molecule has 3 rings (SSSR count). The molecule has 2 aromatic carbocycles. The van der Waals surface area contributed by atoms with Gasteiger partial charge in [-0.15, -0.1) is 24.1 Å². The van der Waals surface area contributed by atoms with Crippen molar-refractivity contribution in [1.29, 1.82) is 0 Å². The van der Waals surface area contributed by atoms with E-state index in [4.69, 9.17) is 15.0 Å². The average molecular weight is 539 g/mol. The van der Waals surface area contributed by atoms with Crippen LogP contribution in [0, 0.1) is 0 Å². The Labute approximate surface area is 218 Å². The number of para-hydroxylation sites is 2. The fourth-order valence-corrected chi connectivity index (χ4v) is 5.04. The molecular formula is C27H33F3N2O4S. The summed E-state index contributed by atoms with van der Waals surface area (Å²) in [7, 11) is 0. The summed E-state index contributed by atoms with van der Waals surface area (Å²) in [5.74, 6) is 0. The highest BCUT2D eigenvalue weighted by atomic mass is 32.2. The average Bonchev–Trinajstić information content (AvgIpc) is 3.04. The maximum absolute atomic E-state index is 12.8. The molecule has 1 heterocycles. The molecule has 2 aromatic rings. The van der Waals surface area contributed by atoms with E-state index in [2.05, 4.69) is 40.5 Å². The number of hydrogen-bond donors (Lipinski definition) is 1. The zero-order valence-corrected chi connectivity index (χ0v) is 21.7. The minimum atomic E-state index is -4.79. The normalized spacial score (nSPS) is 17.7. The number of allylic oxidation sites excluding steroid dienone is 1. The van der Waals surface area contributed by atoms with Gasteiger partial charge in [-0.3, -0.25) is 0 Å². The van der Waals surface area contributed by atoms with Gasteiger partial charge >= 0.3 is 6.36 Å². The Hall–Kier alpha value is -2.66. The number of alkyl halides is 3. The van der Waals surface area contributed by atoms with Crippen LogP contribution in [0.2, 0.25) is 0 Å². The van der Waals surface area contributed by atoms with Crippen molar-refractivity contribution < 1.29 is 31.3 Å². The van der Waals surface area contributed by atoms with E-state index in [-0.39, 0.29) is 12.5 Å². The minimum Gasteiger partial charge on any atom is -0.414 e. The van der Waals surface area contributed by atoms with E-state index in [1.807, 2.05) is 38.1 Å². The van der Waals surface area contributed by atoms with Crippen LogP contribution in [-0.2, 0) is 37.9 Å². The van der Waals surface area contributed by atoms with Gasteiger partial charge in [-0.25, -0.2) is 9.10 Å². The van der Waals surface area contributed by atoms with Crippen LogP contribution < -0.4 is 10.6 Å². The molecular weight excluding hydrogens is 505 g/mol. The van der Waals surface area contributed by atoms with Gasteiger partial charge in [0.2, 0.25) is 0 Å². The van der Waals surface area contributed by atoms with Crippen molar-refractivity contribution in [2.45, 2.75) is 69.3 Å². The maximum Gasteiger partial charge on any atom is 0.572 e. The molecule has 202 valence electrons. The third-order valence-electron chi connectivity index (χ3n) is 6.34. The first kappa shape index (κ1) is 28.9. The predicted octanol–water partition coefficient (Wildman–Crippen LogP) is 6.02. The Morgan fingerprint density at radius 1 is 1.11 bits per heavy atom. The zero-order valence-electron chi connectivity index (χ0n) is 20.9. The smallest absolute Gasteiger partial charge is 0.414 e. The number of hydrogen-bond acceptors (Lipinski definition) is 6. The number of anilines is 2. The topological polar surface area (TPSA) is 74.0 Å². The van der Waals surface area contributed by atoms with Gasteiger partial charge in [-0.2, -0.15) is 0 Å². The highest BCUT2D eigenvalue weighted by Gasteiger charge is 2.35. The molecule has 4 unspecified atom stereocenters. The summed E-state index contributed by atoms with van der Waals surface area (Å²) in [6.07, 6.45) is -0.246. The van der Waals surface area contributed by atoms with E-state index in [1.54, 1.807) is 0 Å². The molecule has 0 saturated heterocycles. The monoisotopic (exact) mass is 538 g/mol. The lowest BCUT2D eigenvalue weighted by Gasteiger charge is -2.38. The Morgan fingerprint density at radius 2 is 1.68 bits per heavy atom. The molecule has 1 aliphatic rings. The van der Waals surface area contributed by atoms with E-state index < -0.39 is 34.8 Å². The van der Waals surface area contributed by atoms with Gasteiger partial charge in [-0.05, 0) is 61.9 Å². The highest BCUT2D eigenvalue weighted by molar-refractivity contribution is 7.80. The summed E-state index contributed by atoms with van der Waals surface area (Å²) in [5, 5.41) is -0.818. The molecule has 0 amide bonds. The molecule has 0 spiro atoms. The molecule has 0 radical (unpaired) electrons. The van der Waals surface area contributed by atoms with Gasteiger partial charge in [-0.1, -0.05) is 49.4 Å². The lowest BCUT2D eigenvalue weighted by Crippen LogP contribution is -2.50. The number of halogens is 3. The molecule has 0 aliphatic carbocycles. The molecule has 0 bridgehead atoms. The Balaban J connectivity index is 1.81. The molecule has 1 aliphatic heterocycles. The van der Waals surface area contributed by atoms with Crippen LogP contribution in [-0.4, -0.2) is 34.0 Å². The first-order valence-electron chi connectivity index (χ1n) is 12.1. The summed E-state index contributed by atoms with van der Waals surface area (Å²) in [4.78, 5) is 7.92. The van der Waals surface area contributed by atoms with Crippen LogP contribution in [0.5, 0.6) is 0 Å². The van der Waals surface area contributed by atoms with E-state index in [0.29, 0.717) is 12.7 Å². The van der Waals surface area contributed by atoms with Gasteiger partial charge in [0, 0.05) is 17.4 Å². The highest BCUT2D eigenvalue weighted by Crippen LogP contribution is 2.39. The van der Waals surface area contributed by atoms with Crippen LogP contribution in [0.15, 0.2) is 73.5 Å². The third-order valence-corrected chi connectivity index (χ3v) is 7.43. The first-order chi connectivity index (χ1) is 17.7. The van der Waals surface area contributed by atoms with Gasteiger partial charge < -0.3 is 15.4 Å². The lowest BCUT2D eigenvalue weighted by molar-refractivity contribution is -0.298. The molecule has 10 heteroatoms. The van der Waals surface area contributed by atoms with Crippen molar-refractivity contribution in [2.75, 3.05) is 4.90 Å². The van der Waals surface area contributed by atoms with E-state index in [1.165, 1.54) is 17.2 Å².